The molecular weight excluding hydrogens is 350 g/mol. The molecule has 0 fully saturated rings. The van der Waals surface area contributed by atoms with Crippen molar-refractivity contribution < 1.29 is 0 Å². The lowest BCUT2D eigenvalue weighted by atomic mass is 10.0. The van der Waals surface area contributed by atoms with Crippen molar-refractivity contribution in [3.05, 3.63) is 108 Å². The highest BCUT2D eigenvalue weighted by Gasteiger charge is 1.94. The summed E-state index contributed by atoms with van der Waals surface area (Å²) in [5.41, 5.74) is 5.31. The zero-order valence-corrected chi connectivity index (χ0v) is 20.3. The van der Waals surface area contributed by atoms with Gasteiger partial charge in [-0.25, -0.2) is 0 Å². The molecule has 0 bridgehead atoms. The van der Waals surface area contributed by atoms with Gasteiger partial charge in [0.05, 0.1) is 0 Å². The lowest BCUT2D eigenvalue weighted by molar-refractivity contribution is 0.985. The molecule has 0 aliphatic rings. The second-order valence-corrected chi connectivity index (χ2v) is 5.98. The summed E-state index contributed by atoms with van der Waals surface area (Å²) in [4.78, 5) is 0. The van der Waals surface area contributed by atoms with Gasteiger partial charge >= 0.3 is 0 Å². The molecule has 0 saturated heterocycles. The van der Waals surface area contributed by atoms with E-state index in [2.05, 4.69) is 86.9 Å². The fourth-order valence-electron chi connectivity index (χ4n) is 1.80. The molecule has 0 unspecified atom stereocenters. The predicted molar refractivity (Wildman–Crippen MR) is 137 cm³/mol. The highest BCUT2D eigenvalue weighted by Crippen LogP contribution is 2.10. The van der Waals surface area contributed by atoms with Gasteiger partial charge in [-0.1, -0.05) is 99.2 Å². The maximum atomic E-state index is 3.48. The van der Waals surface area contributed by atoms with E-state index in [-0.39, 0.29) is 0 Å². The molecule has 0 spiro atoms. The predicted octanol–water partition coefficient (Wildman–Crippen LogP) is 8.52. The van der Waals surface area contributed by atoms with Crippen LogP contribution in [0.15, 0.2) is 91.7 Å². The Bertz CT molecular complexity index is 624. The van der Waals surface area contributed by atoms with E-state index in [0.717, 1.165) is 12.8 Å². The third kappa shape index (κ3) is 23.4. The van der Waals surface area contributed by atoms with Crippen molar-refractivity contribution in [3.63, 3.8) is 0 Å². The maximum Gasteiger partial charge on any atom is 0.00300 e. The lowest BCUT2D eigenvalue weighted by Gasteiger charge is -2.02. The van der Waals surface area contributed by atoms with Crippen molar-refractivity contribution in [2.75, 3.05) is 7.05 Å². The van der Waals surface area contributed by atoms with Crippen molar-refractivity contribution in [2.45, 2.75) is 61.3 Å². The highest BCUT2D eigenvalue weighted by molar-refractivity contribution is 5.28. The standard InChI is InChI=1S/C14H14.C5H11N.C4H8.C3H6.C2H6/c1-12-6-5-9-14(10-12)11-13-7-3-2-4-8-13;1-4-5(2)6-3;1-3-4-2;1-3-2;1-2/h2-10H,11H2,1H3;4,6H,1-3H3;3H,1,4H2,2H3;3H,1H2,2H3;1-2H3/b;5-4-;;;. The van der Waals surface area contributed by atoms with Crippen molar-refractivity contribution >= 4 is 0 Å². The fourth-order valence-corrected chi connectivity index (χ4v) is 1.80. The van der Waals surface area contributed by atoms with E-state index in [1.807, 2.05) is 53.8 Å². The molecule has 162 valence electrons. The van der Waals surface area contributed by atoms with E-state index in [9.17, 15) is 0 Å². The van der Waals surface area contributed by atoms with Crippen LogP contribution in [0.2, 0.25) is 0 Å². The topological polar surface area (TPSA) is 12.0 Å². The van der Waals surface area contributed by atoms with Crippen LogP contribution in [0.25, 0.3) is 0 Å². The van der Waals surface area contributed by atoms with Gasteiger partial charge in [-0.15, -0.1) is 13.2 Å². The molecule has 0 radical (unpaired) electrons. The molecule has 1 N–H and O–H groups in total. The molecule has 0 aliphatic heterocycles. The summed E-state index contributed by atoms with van der Waals surface area (Å²) in [7, 11) is 1.91. The molecule has 2 aromatic carbocycles. The summed E-state index contributed by atoms with van der Waals surface area (Å²) >= 11 is 0. The van der Waals surface area contributed by atoms with Gasteiger partial charge in [-0.05, 0) is 51.7 Å². The average Bonchev–Trinajstić information content (AvgIpc) is 2.76. The van der Waals surface area contributed by atoms with Crippen LogP contribution >= 0.6 is 0 Å². The van der Waals surface area contributed by atoms with Gasteiger partial charge < -0.3 is 5.32 Å². The summed E-state index contributed by atoms with van der Waals surface area (Å²) in [5, 5.41) is 2.98. The maximum absolute atomic E-state index is 3.48. The monoisotopic (exact) mass is 395 g/mol. The third-order valence-electron chi connectivity index (χ3n) is 3.45. The summed E-state index contributed by atoms with van der Waals surface area (Å²) in [6, 6.07) is 19.2. The van der Waals surface area contributed by atoms with E-state index in [4.69, 9.17) is 0 Å². The van der Waals surface area contributed by atoms with E-state index >= 15 is 0 Å². The minimum atomic E-state index is 1.03. The zero-order valence-electron chi connectivity index (χ0n) is 20.3. The first-order valence-electron chi connectivity index (χ1n) is 10.6. The summed E-state index contributed by atoms with van der Waals surface area (Å²) in [6.45, 7) is 21.0. The van der Waals surface area contributed by atoms with Gasteiger partial charge in [-0.2, -0.15) is 0 Å². The van der Waals surface area contributed by atoms with Gasteiger partial charge in [0.25, 0.3) is 0 Å². The first kappa shape index (κ1) is 31.2. The van der Waals surface area contributed by atoms with Gasteiger partial charge in [0, 0.05) is 12.7 Å². The van der Waals surface area contributed by atoms with E-state index in [0.29, 0.717) is 0 Å². The number of benzene rings is 2. The molecule has 1 heteroatoms. The van der Waals surface area contributed by atoms with Crippen LogP contribution in [-0.4, -0.2) is 7.05 Å². The third-order valence-corrected chi connectivity index (χ3v) is 3.45. The van der Waals surface area contributed by atoms with Gasteiger partial charge in [0.15, 0.2) is 0 Å². The van der Waals surface area contributed by atoms with Crippen LogP contribution in [0.1, 0.15) is 64.7 Å². The second kappa shape index (κ2) is 25.5. The molecule has 0 aliphatic carbocycles. The Labute approximate surface area is 182 Å². The SMILES string of the molecule is C/C=C(/C)NC.C=CC.C=CCC.CC.Cc1cccc(Cc2ccccc2)c1. The van der Waals surface area contributed by atoms with Crippen LogP contribution in [-0.2, 0) is 6.42 Å². The second-order valence-electron chi connectivity index (χ2n) is 5.98. The molecule has 29 heavy (non-hydrogen) atoms. The average molecular weight is 396 g/mol. The number of hydrogen-bond donors (Lipinski definition) is 1. The van der Waals surface area contributed by atoms with Gasteiger partial charge in [0.1, 0.15) is 0 Å². The molecule has 2 aromatic rings. The largest absolute Gasteiger partial charge is 0.392 e. The van der Waals surface area contributed by atoms with E-state index in [1.54, 1.807) is 6.08 Å². The smallest absolute Gasteiger partial charge is 0.00300 e. The van der Waals surface area contributed by atoms with E-state index in [1.165, 1.54) is 22.4 Å². The minimum Gasteiger partial charge on any atom is -0.392 e. The lowest BCUT2D eigenvalue weighted by Crippen LogP contribution is -1.99. The van der Waals surface area contributed by atoms with Gasteiger partial charge in [-0.3, -0.25) is 0 Å². The summed E-state index contributed by atoms with van der Waals surface area (Å²) < 4.78 is 0. The zero-order chi connectivity index (χ0) is 22.9. The van der Waals surface area contributed by atoms with Gasteiger partial charge in [0.2, 0.25) is 0 Å². The first-order chi connectivity index (χ1) is 14.0. The molecule has 1 nitrogen and oxygen atoms in total. The Morgan fingerprint density at radius 2 is 1.41 bits per heavy atom. The molecule has 0 amide bonds. The molecule has 0 atom stereocenters. The number of nitrogens with one attached hydrogen (secondary N) is 1. The fraction of sp³-hybridized carbons (Fsp3) is 0.357. The molecule has 0 aromatic heterocycles. The quantitative estimate of drug-likeness (QED) is 0.511. The molecular formula is C28H45N. The number of hydrogen-bond acceptors (Lipinski definition) is 1. The Hall–Kier alpha value is -2.54. The minimum absolute atomic E-state index is 1.03. The number of allylic oxidation sites excluding steroid dienone is 4. The van der Waals surface area contributed by atoms with Crippen molar-refractivity contribution in [3.8, 4) is 0 Å². The molecule has 0 heterocycles. The highest BCUT2D eigenvalue weighted by atomic mass is 14.8. The summed E-state index contributed by atoms with van der Waals surface area (Å²) in [5.74, 6) is 0. The van der Waals surface area contributed by atoms with Crippen LogP contribution in [0.3, 0.4) is 0 Å². The van der Waals surface area contributed by atoms with Crippen molar-refractivity contribution in [1.82, 2.24) is 5.32 Å². The first-order valence-corrected chi connectivity index (χ1v) is 10.6. The van der Waals surface area contributed by atoms with Crippen LogP contribution < -0.4 is 5.32 Å². The number of aryl methyl sites for hydroxylation is 1. The molecule has 0 saturated carbocycles. The number of rotatable bonds is 4. The Morgan fingerprint density at radius 3 is 1.76 bits per heavy atom. The Balaban J connectivity index is -0.000000377. The normalized spacial score (nSPS) is 8.76. The summed E-state index contributed by atoms with van der Waals surface area (Å²) in [6.07, 6.45) is 7.77. The molecule has 2 rings (SSSR count). The van der Waals surface area contributed by atoms with Crippen molar-refractivity contribution in [1.29, 1.82) is 0 Å². The van der Waals surface area contributed by atoms with Crippen LogP contribution in [0.5, 0.6) is 0 Å². The Kier molecular flexibility index (Phi) is 27.4. The van der Waals surface area contributed by atoms with E-state index < -0.39 is 0 Å². The van der Waals surface area contributed by atoms with Crippen LogP contribution in [0, 0.1) is 6.92 Å². The van der Waals surface area contributed by atoms with Crippen molar-refractivity contribution in [2.24, 2.45) is 0 Å². The Morgan fingerprint density at radius 1 is 0.931 bits per heavy atom. The van der Waals surface area contributed by atoms with Crippen LogP contribution in [0.4, 0.5) is 0 Å².